The van der Waals surface area contributed by atoms with Gasteiger partial charge in [-0.2, -0.15) is 4.31 Å². The summed E-state index contributed by atoms with van der Waals surface area (Å²) in [5.41, 5.74) is 0.941. The molecule has 2 N–H and O–H groups in total. The molecular weight excluding hydrogens is 394 g/mol. The molecule has 0 bridgehead atoms. The zero-order chi connectivity index (χ0) is 20.3. The largest absolute Gasteiger partial charge is 0.454 e. The van der Waals surface area contributed by atoms with Gasteiger partial charge in [0, 0.05) is 6.54 Å². The number of sulfonamides is 1. The van der Waals surface area contributed by atoms with Crippen molar-refractivity contribution in [2.45, 2.75) is 11.4 Å². The lowest BCUT2D eigenvalue weighted by molar-refractivity contribution is -0.895. The highest BCUT2D eigenvalue weighted by Crippen LogP contribution is 2.32. The molecule has 29 heavy (non-hydrogen) atoms. The van der Waals surface area contributed by atoms with E-state index in [9.17, 15) is 13.2 Å². The average Bonchev–Trinajstić information content (AvgIpc) is 3.21. The number of amides is 1. The zero-order valence-electron chi connectivity index (χ0n) is 16.0. The Bertz CT molecular complexity index is 973. The molecule has 0 spiro atoms. The van der Waals surface area contributed by atoms with E-state index in [0.717, 1.165) is 10.5 Å². The van der Waals surface area contributed by atoms with Crippen LogP contribution in [0.2, 0.25) is 0 Å². The van der Waals surface area contributed by atoms with Crippen molar-refractivity contribution in [3.8, 4) is 11.5 Å². The minimum atomic E-state index is -3.47. The van der Waals surface area contributed by atoms with Crippen molar-refractivity contribution < 1.29 is 27.6 Å². The number of hydrogen-bond donors (Lipinski definition) is 2. The molecule has 9 heteroatoms. The number of quaternary nitrogens is 1. The molecule has 154 valence electrons. The summed E-state index contributed by atoms with van der Waals surface area (Å²) in [5.74, 6) is 1.35. The van der Waals surface area contributed by atoms with Crippen LogP contribution >= 0.6 is 0 Å². The summed E-state index contributed by atoms with van der Waals surface area (Å²) in [5, 5.41) is 2.92. The molecule has 2 heterocycles. The Labute approximate surface area is 170 Å². The van der Waals surface area contributed by atoms with Gasteiger partial charge in [-0.1, -0.05) is 24.3 Å². The van der Waals surface area contributed by atoms with Crippen molar-refractivity contribution in [2.75, 3.05) is 39.5 Å². The Morgan fingerprint density at radius 2 is 1.76 bits per heavy atom. The predicted molar refractivity (Wildman–Crippen MR) is 105 cm³/mol. The normalized spacial score (nSPS) is 17.2. The highest BCUT2D eigenvalue weighted by Gasteiger charge is 2.30. The van der Waals surface area contributed by atoms with Crippen LogP contribution in [0.25, 0.3) is 0 Å². The molecular formula is C20H24N3O5S+. The number of rotatable bonds is 6. The number of carbonyl (C=O) groups excluding carboxylic acids is 1. The van der Waals surface area contributed by atoms with E-state index in [-0.39, 0.29) is 12.7 Å². The molecule has 2 aromatic carbocycles. The molecule has 1 saturated heterocycles. The maximum Gasteiger partial charge on any atom is 0.275 e. The molecule has 0 aromatic heterocycles. The Morgan fingerprint density at radius 1 is 1.03 bits per heavy atom. The van der Waals surface area contributed by atoms with Gasteiger partial charge in [0.05, 0.1) is 31.1 Å². The molecule has 2 aromatic rings. The minimum absolute atomic E-state index is 0.0583. The van der Waals surface area contributed by atoms with Crippen molar-refractivity contribution in [1.82, 2.24) is 9.62 Å². The van der Waals surface area contributed by atoms with E-state index in [4.69, 9.17) is 9.47 Å². The Kier molecular flexibility index (Phi) is 5.70. The third-order valence-corrected chi connectivity index (χ3v) is 7.06. The molecule has 2 aliphatic heterocycles. The van der Waals surface area contributed by atoms with Gasteiger partial charge in [0.2, 0.25) is 16.8 Å². The van der Waals surface area contributed by atoms with E-state index in [0.29, 0.717) is 55.7 Å². The van der Waals surface area contributed by atoms with Crippen molar-refractivity contribution in [2.24, 2.45) is 0 Å². The highest BCUT2D eigenvalue weighted by molar-refractivity contribution is 7.89. The van der Waals surface area contributed by atoms with Crippen molar-refractivity contribution in [3.63, 3.8) is 0 Å². The highest BCUT2D eigenvalue weighted by atomic mass is 32.2. The second kappa shape index (κ2) is 8.40. The summed E-state index contributed by atoms with van der Waals surface area (Å²) in [6, 6.07) is 14.1. The third-order valence-electron chi connectivity index (χ3n) is 5.15. The summed E-state index contributed by atoms with van der Waals surface area (Å²) >= 11 is 0. The van der Waals surface area contributed by atoms with Gasteiger partial charge in [0.25, 0.3) is 5.91 Å². The second-order valence-electron chi connectivity index (χ2n) is 7.11. The molecule has 1 fully saturated rings. The lowest BCUT2D eigenvalue weighted by atomic mass is 10.2. The summed E-state index contributed by atoms with van der Waals surface area (Å²) < 4.78 is 37.5. The summed E-state index contributed by atoms with van der Waals surface area (Å²) in [4.78, 5) is 13.7. The van der Waals surface area contributed by atoms with Crippen LogP contribution in [0.5, 0.6) is 11.5 Å². The number of ether oxygens (including phenoxy) is 2. The number of nitrogens with one attached hydrogen (secondary N) is 2. The topological polar surface area (TPSA) is 89.4 Å². The maximum absolute atomic E-state index is 12.7. The smallest absolute Gasteiger partial charge is 0.275 e. The van der Waals surface area contributed by atoms with Gasteiger partial charge < -0.3 is 19.7 Å². The second-order valence-corrected chi connectivity index (χ2v) is 9.05. The quantitative estimate of drug-likeness (QED) is 0.668. The van der Waals surface area contributed by atoms with Gasteiger partial charge in [-0.25, -0.2) is 8.42 Å². The number of benzene rings is 2. The van der Waals surface area contributed by atoms with Gasteiger partial charge in [-0.05, 0) is 29.8 Å². The first kappa shape index (κ1) is 19.7. The monoisotopic (exact) mass is 418 g/mol. The van der Waals surface area contributed by atoms with Crippen LogP contribution in [0.4, 0.5) is 0 Å². The minimum Gasteiger partial charge on any atom is -0.454 e. The SMILES string of the molecule is O=C(C[NH+]1CCN(S(=O)(=O)c2ccccc2)CC1)NCc1ccc2c(c1)OCO2. The third kappa shape index (κ3) is 4.52. The van der Waals surface area contributed by atoms with E-state index in [1.54, 1.807) is 30.3 Å². The summed E-state index contributed by atoms with van der Waals surface area (Å²) in [6.45, 7) is 2.97. The van der Waals surface area contributed by atoms with Crippen LogP contribution in [-0.2, 0) is 21.4 Å². The zero-order valence-corrected chi connectivity index (χ0v) is 16.8. The number of piperazine rings is 1. The molecule has 1 amide bonds. The fourth-order valence-corrected chi connectivity index (χ4v) is 4.96. The van der Waals surface area contributed by atoms with E-state index < -0.39 is 10.0 Å². The number of hydrogen-bond acceptors (Lipinski definition) is 5. The number of carbonyl (C=O) groups is 1. The first-order chi connectivity index (χ1) is 14.0. The Morgan fingerprint density at radius 3 is 2.52 bits per heavy atom. The van der Waals surface area contributed by atoms with Crippen molar-refractivity contribution in [1.29, 1.82) is 0 Å². The summed E-state index contributed by atoms with van der Waals surface area (Å²) in [7, 11) is -3.47. The molecule has 0 unspecified atom stereocenters. The fraction of sp³-hybridized carbons (Fsp3) is 0.350. The Balaban J connectivity index is 1.25. The molecule has 4 rings (SSSR count). The van der Waals surface area contributed by atoms with Gasteiger partial charge in [0.1, 0.15) is 0 Å². The molecule has 2 aliphatic rings. The van der Waals surface area contributed by atoms with Gasteiger partial charge in [-0.3, -0.25) is 4.79 Å². The van der Waals surface area contributed by atoms with E-state index in [2.05, 4.69) is 5.32 Å². The van der Waals surface area contributed by atoms with Crippen LogP contribution in [0.3, 0.4) is 0 Å². The molecule has 0 atom stereocenters. The van der Waals surface area contributed by atoms with Crippen LogP contribution in [0.15, 0.2) is 53.4 Å². The van der Waals surface area contributed by atoms with E-state index in [1.807, 2.05) is 18.2 Å². The molecule has 0 saturated carbocycles. The van der Waals surface area contributed by atoms with Crippen molar-refractivity contribution in [3.05, 3.63) is 54.1 Å². The lowest BCUT2D eigenvalue weighted by Gasteiger charge is -2.31. The number of fused-ring (bicyclic) bond motifs is 1. The molecule has 8 nitrogen and oxygen atoms in total. The lowest BCUT2D eigenvalue weighted by Crippen LogP contribution is -3.15. The summed E-state index contributed by atoms with van der Waals surface area (Å²) in [6.07, 6.45) is 0. The standard InChI is InChI=1S/C20H23N3O5S/c24-20(21-13-16-6-7-18-19(12-16)28-15-27-18)14-22-8-10-23(11-9-22)29(25,26)17-4-2-1-3-5-17/h1-7,12H,8-11,13-15H2,(H,21,24)/p+1. The van der Waals surface area contributed by atoms with E-state index in [1.165, 1.54) is 4.31 Å². The molecule has 0 aliphatic carbocycles. The van der Waals surface area contributed by atoms with Crippen molar-refractivity contribution >= 4 is 15.9 Å². The van der Waals surface area contributed by atoms with Crippen LogP contribution < -0.4 is 19.7 Å². The van der Waals surface area contributed by atoms with Gasteiger partial charge in [0.15, 0.2) is 18.0 Å². The average molecular weight is 418 g/mol. The first-order valence-electron chi connectivity index (χ1n) is 9.56. The van der Waals surface area contributed by atoms with Crippen LogP contribution in [-0.4, -0.2) is 58.1 Å². The van der Waals surface area contributed by atoms with Gasteiger partial charge in [-0.15, -0.1) is 0 Å². The Hall–Kier alpha value is -2.62. The first-order valence-corrected chi connectivity index (χ1v) is 11.0. The van der Waals surface area contributed by atoms with Crippen LogP contribution in [0, 0.1) is 0 Å². The maximum atomic E-state index is 12.7. The number of nitrogens with zero attached hydrogens (tertiary/aromatic N) is 1. The van der Waals surface area contributed by atoms with Crippen LogP contribution in [0.1, 0.15) is 5.56 Å². The van der Waals surface area contributed by atoms with E-state index >= 15 is 0 Å². The molecule has 0 radical (unpaired) electrons. The fourth-order valence-electron chi connectivity index (χ4n) is 3.50. The predicted octanol–water partition coefficient (Wildman–Crippen LogP) is -0.379. The van der Waals surface area contributed by atoms with Gasteiger partial charge >= 0.3 is 0 Å².